The van der Waals surface area contributed by atoms with Crippen LogP contribution in [-0.2, 0) is 9.59 Å². The van der Waals surface area contributed by atoms with Crippen molar-refractivity contribution in [3.05, 3.63) is 0 Å². The van der Waals surface area contributed by atoms with Gasteiger partial charge in [-0.2, -0.15) is 0 Å². The highest BCUT2D eigenvalue weighted by Gasteiger charge is 2.21. The number of hydrogen-bond acceptors (Lipinski definition) is 3. The predicted molar refractivity (Wildman–Crippen MR) is 49.6 cm³/mol. The number of likely N-dealkylation sites (N-methyl/N-ethyl adjacent to an activating group) is 1. The van der Waals surface area contributed by atoms with Crippen molar-refractivity contribution >= 4 is 11.8 Å². The fourth-order valence-corrected chi connectivity index (χ4v) is 0.851. The van der Waals surface area contributed by atoms with Crippen molar-refractivity contribution in [2.45, 2.75) is 19.9 Å². The molecule has 0 bridgehead atoms. The fraction of sp³-hybridized carbons (Fsp3) is 0.750. The number of carbonyl (C=O) groups is 2. The summed E-state index contributed by atoms with van der Waals surface area (Å²) >= 11 is 0. The van der Waals surface area contributed by atoms with Crippen LogP contribution in [0.3, 0.4) is 0 Å². The van der Waals surface area contributed by atoms with Gasteiger partial charge in [-0.15, -0.1) is 0 Å². The van der Waals surface area contributed by atoms with E-state index in [9.17, 15) is 9.59 Å². The van der Waals surface area contributed by atoms with Crippen molar-refractivity contribution in [1.29, 1.82) is 0 Å². The molecule has 76 valence electrons. The topological polar surface area (TPSA) is 89.4 Å². The van der Waals surface area contributed by atoms with Crippen LogP contribution in [0.1, 0.15) is 13.8 Å². The number of carbonyl (C=O) groups excluding carboxylic acids is 2. The van der Waals surface area contributed by atoms with E-state index < -0.39 is 11.9 Å². The third-order valence-corrected chi connectivity index (χ3v) is 1.77. The molecule has 0 heterocycles. The van der Waals surface area contributed by atoms with Crippen LogP contribution >= 0.6 is 0 Å². The highest BCUT2D eigenvalue weighted by Crippen LogP contribution is 2.01. The minimum Gasteiger partial charge on any atom is -0.368 e. The zero-order valence-corrected chi connectivity index (χ0v) is 8.28. The lowest BCUT2D eigenvalue weighted by atomic mass is 10.0. The maximum Gasteiger partial charge on any atom is 0.239 e. The van der Waals surface area contributed by atoms with Gasteiger partial charge in [0.05, 0.1) is 12.6 Å². The Bertz CT molecular complexity index is 204. The molecule has 0 saturated heterocycles. The van der Waals surface area contributed by atoms with Gasteiger partial charge in [0.25, 0.3) is 0 Å². The average molecular weight is 187 g/mol. The molecule has 0 spiro atoms. The third kappa shape index (κ3) is 3.89. The van der Waals surface area contributed by atoms with E-state index in [1.165, 1.54) is 11.9 Å². The van der Waals surface area contributed by atoms with E-state index >= 15 is 0 Å². The monoisotopic (exact) mass is 187 g/mol. The van der Waals surface area contributed by atoms with Crippen LogP contribution in [0.2, 0.25) is 0 Å². The number of rotatable bonds is 4. The second kappa shape index (κ2) is 4.81. The lowest BCUT2D eigenvalue weighted by Gasteiger charge is -2.21. The molecule has 0 fully saturated rings. The quantitative estimate of drug-likeness (QED) is 0.586. The van der Waals surface area contributed by atoms with Crippen LogP contribution in [0.4, 0.5) is 0 Å². The van der Waals surface area contributed by atoms with Gasteiger partial charge >= 0.3 is 0 Å². The Labute approximate surface area is 78.1 Å². The number of nitrogens with two attached hydrogens (primary N) is 2. The van der Waals surface area contributed by atoms with Crippen LogP contribution in [0.15, 0.2) is 0 Å². The van der Waals surface area contributed by atoms with E-state index in [1.54, 1.807) is 0 Å². The van der Waals surface area contributed by atoms with E-state index in [4.69, 9.17) is 11.5 Å². The first-order valence-corrected chi connectivity index (χ1v) is 4.15. The highest BCUT2D eigenvalue weighted by atomic mass is 16.2. The van der Waals surface area contributed by atoms with Crippen molar-refractivity contribution < 1.29 is 9.59 Å². The zero-order valence-electron chi connectivity index (χ0n) is 8.28. The van der Waals surface area contributed by atoms with Gasteiger partial charge in [0.15, 0.2) is 0 Å². The van der Waals surface area contributed by atoms with Gasteiger partial charge < -0.3 is 16.4 Å². The van der Waals surface area contributed by atoms with Gasteiger partial charge in [0.2, 0.25) is 11.8 Å². The van der Waals surface area contributed by atoms with Crippen LogP contribution in [-0.4, -0.2) is 36.3 Å². The smallest absolute Gasteiger partial charge is 0.239 e. The minimum atomic E-state index is -0.565. The summed E-state index contributed by atoms with van der Waals surface area (Å²) in [5, 5.41) is 0. The Kier molecular flexibility index (Phi) is 4.40. The molecule has 0 rings (SSSR count). The van der Waals surface area contributed by atoms with Gasteiger partial charge in [-0.3, -0.25) is 9.59 Å². The predicted octanol–water partition coefficient (Wildman–Crippen LogP) is -1.09. The molecule has 0 aliphatic rings. The summed E-state index contributed by atoms with van der Waals surface area (Å²) in [6.07, 6.45) is 0. The molecule has 0 aromatic rings. The summed E-state index contributed by atoms with van der Waals surface area (Å²) in [7, 11) is 1.51. The summed E-state index contributed by atoms with van der Waals surface area (Å²) in [6.45, 7) is 3.61. The molecular formula is C8H17N3O2. The average Bonchev–Trinajstić information content (AvgIpc) is 2.00. The number of primary amides is 1. The van der Waals surface area contributed by atoms with Crippen molar-refractivity contribution in [3.63, 3.8) is 0 Å². The van der Waals surface area contributed by atoms with Crippen LogP contribution in [0.25, 0.3) is 0 Å². The Balaban J connectivity index is 4.17. The molecule has 0 saturated carbocycles. The summed E-state index contributed by atoms with van der Waals surface area (Å²) in [6, 6.07) is -0.565. The van der Waals surface area contributed by atoms with Crippen LogP contribution in [0.5, 0.6) is 0 Å². The standard InChI is InChI=1S/C8H17N3O2/c1-5(2)7(10)8(13)11(3)4-6(9)12/h5,7H,4,10H2,1-3H3,(H2,9,12)/t7-/m1/s1. The Hall–Kier alpha value is -1.10. The third-order valence-electron chi connectivity index (χ3n) is 1.77. The van der Waals surface area contributed by atoms with E-state index in [0.29, 0.717) is 0 Å². The Morgan fingerprint density at radius 2 is 1.85 bits per heavy atom. The summed E-state index contributed by atoms with van der Waals surface area (Å²) in [5.74, 6) is -0.733. The number of nitrogens with zero attached hydrogens (tertiary/aromatic N) is 1. The van der Waals surface area contributed by atoms with Crippen LogP contribution in [0, 0.1) is 5.92 Å². The molecule has 0 aromatic heterocycles. The second-order valence-electron chi connectivity index (χ2n) is 3.43. The summed E-state index contributed by atoms with van der Waals surface area (Å²) in [5.41, 5.74) is 10.5. The molecule has 13 heavy (non-hydrogen) atoms. The highest BCUT2D eigenvalue weighted by molar-refractivity contribution is 5.86. The molecule has 2 amide bonds. The Morgan fingerprint density at radius 1 is 1.38 bits per heavy atom. The molecule has 0 unspecified atom stereocenters. The van der Waals surface area contributed by atoms with E-state index in [2.05, 4.69) is 0 Å². The van der Waals surface area contributed by atoms with Crippen LogP contribution < -0.4 is 11.5 Å². The van der Waals surface area contributed by atoms with Gasteiger partial charge in [0.1, 0.15) is 0 Å². The van der Waals surface area contributed by atoms with Crippen molar-refractivity contribution in [1.82, 2.24) is 4.90 Å². The lowest BCUT2D eigenvalue weighted by Crippen LogP contribution is -2.47. The number of hydrogen-bond donors (Lipinski definition) is 2. The van der Waals surface area contributed by atoms with Gasteiger partial charge in [-0.25, -0.2) is 0 Å². The Morgan fingerprint density at radius 3 is 2.15 bits per heavy atom. The van der Waals surface area contributed by atoms with Gasteiger partial charge in [-0.05, 0) is 5.92 Å². The molecular weight excluding hydrogens is 170 g/mol. The van der Waals surface area contributed by atoms with Gasteiger partial charge in [0, 0.05) is 7.05 Å². The van der Waals surface area contributed by atoms with E-state index in [-0.39, 0.29) is 18.4 Å². The van der Waals surface area contributed by atoms with E-state index in [0.717, 1.165) is 0 Å². The molecule has 0 aromatic carbocycles. The maximum atomic E-state index is 11.4. The first kappa shape index (κ1) is 11.9. The summed E-state index contributed by atoms with van der Waals surface area (Å²) in [4.78, 5) is 23.2. The van der Waals surface area contributed by atoms with E-state index in [1.807, 2.05) is 13.8 Å². The molecule has 5 nitrogen and oxygen atoms in total. The zero-order chi connectivity index (χ0) is 10.6. The lowest BCUT2D eigenvalue weighted by molar-refractivity contribution is -0.135. The van der Waals surface area contributed by atoms with Crippen molar-refractivity contribution in [2.75, 3.05) is 13.6 Å². The maximum absolute atomic E-state index is 11.4. The molecule has 5 heteroatoms. The first-order valence-electron chi connectivity index (χ1n) is 4.15. The molecule has 1 atom stereocenters. The van der Waals surface area contributed by atoms with Crippen molar-refractivity contribution in [2.24, 2.45) is 17.4 Å². The minimum absolute atomic E-state index is 0.0582. The molecule has 0 aliphatic carbocycles. The molecule has 4 N–H and O–H groups in total. The number of amides is 2. The SMILES string of the molecule is CC(C)[C@@H](N)C(=O)N(C)CC(N)=O. The van der Waals surface area contributed by atoms with Crippen molar-refractivity contribution in [3.8, 4) is 0 Å². The van der Waals surface area contributed by atoms with Gasteiger partial charge in [-0.1, -0.05) is 13.8 Å². The molecule has 0 aliphatic heterocycles. The molecule has 0 radical (unpaired) electrons. The summed E-state index contributed by atoms with van der Waals surface area (Å²) < 4.78 is 0. The first-order chi connectivity index (χ1) is 5.86. The largest absolute Gasteiger partial charge is 0.368 e. The second-order valence-corrected chi connectivity index (χ2v) is 3.43. The fourth-order valence-electron chi connectivity index (χ4n) is 0.851. The normalized spacial score (nSPS) is 12.7.